The van der Waals surface area contributed by atoms with Gasteiger partial charge in [0.15, 0.2) is 17.3 Å². The van der Waals surface area contributed by atoms with Crippen molar-refractivity contribution in [3.05, 3.63) is 34.4 Å². The predicted octanol–water partition coefficient (Wildman–Crippen LogP) is 4.44. The van der Waals surface area contributed by atoms with Crippen molar-refractivity contribution in [1.82, 2.24) is 14.9 Å². The average Bonchev–Trinajstić information content (AvgIpc) is 3.01. The molecule has 1 heterocycles. The number of hydrogen-bond donors (Lipinski definition) is 2. The third-order valence-electron chi connectivity index (χ3n) is 4.82. The molecule has 1 saturated carbocycles. The number of phenols is 1. The standard InChI is InChI=1S/C19H26N4O2S/c1-2-25-17-12-15(8-10-16(17)24)13-20-23-18(21-22-19(23)26)11-9-14-6-4-3-5-7-14/h8,10,12-14,24H,2-7,9,11H2,1H3,(H,22,26)/b20-13+. The van der Waals surface area contributed by atoms with E-state index in [1.54, 1.807) is 29.1 Å². The topological polar surface area (TPSA) is 75.4 Å². The third kappa shape index (κ3) is 4.72. The first-order valence-corrected chi connectivity index (χ1v) is 9.74. The van der Waals surface area contributed by atoms with Crippen molar-refractivity contribution >= 4 is 18.4 Å². The largest absolute Gasteiger partial charge is 0.504 e. The minimum atomic E-state index is 0.122. The van der Waals surface area contributed by atoms with Crippen molar-refractivity contribution in [2.75, 3.05) is 6.61 Å². The first-order chi connectivity index (χ1) is 12.7. The lowest BCUT2D eigenvalue weighted by molar-refractivity contribution is 0.318. The second-order valence-corrected chi connectivity index (χ2v) is 7.09. The van der Waals surface area contributed by atoms with Gasteiger partial charge in [-0.1, -0.05) is 32.1 Å². The van der Waals surface area contributed by atoms with Crippen molar-refractivity contribution in [3.63, 3.8) is 0 Å². The van der Waals surface area contributed by atoms with Crippen LogP contribution >= 0.6 is 12.2 Å². The van der Waals surface area contributed by atoms with Gasteiger partial charge in [-0.25, -0.2) is 0 Å². The molecular weight excluding hydrogens is 348 g/mol. The number of phenolic OH excluding ortho intramolecular Hbond substituents is 1. The summed E-state index contributed by atoms with van der Waals surface area (Å²) < 4.78 is 7.59. The lowest BCUT2D eigenvalue weighted by atomic mass is 9.86. The van der Waals surface area contributed by atoms with E-state index in [0.717, 1.165) is 30.1 Å². The van der Waals surface area contributed by atoms with E-state index in [-0.39, 0.29) is 5.75 Å². The van der Waals surface area contributed by atoms with Gasteiger partial charge in [0.2, 0.25) is 4.77 Å². The number of benzene rings is 1. The van der Waals surface area contributed by atoms with Crippen LogP contribution < -0.4 is 4.74 Å². The van der Waals surface area contributed by atoms with Crippen LogP contribution in [0.2, 0.25) is 0 Å². The molecular formula is C19H26N4O2S. The van der Waals surface area contributed by atoms with E-state index >= 15 is 0 Å². The van der Waals surface area contributed by atoms with Crippen LogP contribution in [0.1, 0.15) is 56.8 Å². The molecule has 0 aliphatic heterocycles. The molecule has 140 valence electrons. The second-order valence-electron chi connectivity index (χ2n) is 6.70. The minimum absolute atomic E-state index is 0.122. The Morgan fingerprint density at radius 2 is 2.19 bits per heavy atom. The Balaban J connectivity index is 1.71. The first kappa shape index (κ1) is 18.6. The van der Waals surface area contributed by atoms with Gasteiger partial charge in [-0.3, -0.25) is 5.10 Å². The molecule has 1 aliphatic rings. The van der Waals surface area contributed by atoms with Crippen molar-refractivity contribution < 1.29 is 9.84 Å². The smallest absolute Gasteiger partial charge is 0.216 e. The number of nitrogens with zero attached hydrogens (tertiary/aromatic N) is 3. The molecule has 0 unspecified atom stereocenters. The van der Waals surface area contributed by atoms with E-state index < -0.39 is 0 Å². The third-order valence-corrected chi connectivity index (χ3v) is 5.09. The quantitative estimate of drug-likeness (QED) is 0.555. The highest BCUT2D eigenvalue weighted by atomic mass is 32.1. The summed E-state index contributed by atoms with van der Waals surface area (Å²) in [5.41, 5.74) is 0.826. The lowest BCUT2D eigenvalue weighted by Crippen LogP contribution is -2.09. The number of hydrogen-bond acceptors (Lipinski definition) is 5. The Bertz CT molecular complexity index is 806. The highest BCUT2D eigenvalue weighted by molar-refractivity contribution is 7.71. The number of aromatic hydroxyl groups is 1. The maximum absolute atomic E-state index is 9.79. The summed E-state index contributed by atoms with van der Waals surface area (Å²) in [6, 6.07) is 5.14. The SMILES string of the molecule is CCOc1cc(/C=N/n2c(CCC3CCCCC3)n[nH]c2=S)ccc1O. The van der Waals surface area contributed by atoms with Crippen LogP contribution in [-0.4, -0.2) is 32.8 Å². The van der Waals surface area contributed by atoms with E-state index in [1.165, 1.54) is 32.1 Å². The molecule has 0 radical (unpaired) electrons. The van der Waals surface area contributed by atoms with Crippen LogP contribution in [0.4, 0.5) is 0 Å². The summed E-state index contributed by atoms with van der Waals surface area (Å²) in [7, 11) is 0. The fourth-order valence-corrected chi connectivity index (χ4v) is 3.62. The normalized spacial score (nSPS) is 15.6. The Hall–Kier alpha value is -2.15. The number of aryl methyl sites for hydroxylation is 1. The number of nitrogens with one attached hydrogen (secondary N) is 1. The molecule has 26 heavy (non-hydrogen) atoms. The summed E-state index contributed by atoms with van der Waals surface area (Å²) in [5, 5.41) is 21.5. The Kier molecular flexibility index (Phi) is 6.44. The van der Waals surface area contributed by atoms with Crippen LogP contribution in [0.3, 0.4) is 0 Å². The molecule has 3 rings (SSSR count). The van der Waals surface area contributed by atoms with E-state index in [4.69, 9.17) is 17.0 Å². The summed E-state index contributed by atoms with van der Waals surface area (Å²) >= 11 is 5.31. The van der Waals surface area contributed by atoms with Gasteiger partial charge in [0.25, 0.3) is 0 Å². The van der Waals surface area contributed by atoms with E-state index in [1.807, 2.05) is 6.92 Å². The zero-order chi connectivity index (χ0) is 18.4. The number of ether oxygens (including phenoxy) is 1. The predicted molar refractivity (Wildman–Crippen MR) is 105 cm³/mol. The van der Waals surface area contributed by atoms with Crippen LogP contribution in [0, 0.1) is 10.7 Å². The molecule has 0 amide bonds. The summed E-state index contributed by atoms with van der Waals surface area (Å²) in [5.74, 6) is 2.22. The molecule has 1 aromatic heterocycles. The summed E-state index contributed by atoms with van der Waals surface area (Å²) in [4.78, 5) is 0. The van der Waals surface area contributed by atoms with Gasteiger partial charge < -0.3 is 9.84 Å². The number of H-pyrrole nitrogens is 1. The van der Waals surface area contributed by atoms with E-state index in [0.29, 0.717) is 17.1 Å². The molecule has 1 aliphatic carbocycles. The highest BCUT2D eigenvalue weighted by Crippen LogP contribution is 2.28. The molecule has 1 fully saturated rings. The molecule has 0 spiro atoms. The van der Waals surface area contributed by atoms with Gasteiger partial charge in [0.05, 0.1) is 12.8 Å². The minimum Gasteiger partial charge on any atom is -0.504 e. The van der Waals surface area contributed by atoms with Crippen molar-refractivity contribution in [2.24, 2.45) is 11.0 Å². The van der Waals surface area contributed by atoms with Gasteiger partial charge in [0.1, 0.15) is 0 Å². The van der Waals surface area contributed by atoms with Gasteiger partial charge in [-0.15, -0.1) is 0 Å². The van der Waals surface area contributed by atoms with Crippen molar-refractivity contribution in [3.8, 4) is 11.5 Å². The molecule has 2 aromatic rings. The summed E-state index contributed by atoms with van der Waals surface area (Å²) in [6.45, 7) is 2.37. The zero-order valence-electron chi connectivity index (χ0n) is 15.1. The highest BCUT2D eigenvalue weighted by Gasteiger charge is 2.15. The number of rotatable bonds is 7. The van der Waals surface area contributed by atoms with Gasteiger partial charge in [-0.05, 0) is 55.2 Å². The maximum atomic E-state index is 9.79. The maximum Gasteiger partial charge on any atom is 0.216 e. The average molecular weight is 375 g/mol. The first-order valence-electron chi connectivity index (χ1n) is 9.34. The molecule has 1 aromatic carbocycles. The van der Waals surface area contributed by atoms with E-state index in [9.17, 15) is 5.11 Å². The van der Waals surface area contributed by atoms with Crippen LogP contribution in [0.25, 0.3) is 0 Å². The van der Waals surface area contributed by atoms with Gasteiger partial charge in [0, 0.05) is 6.42 Å². The van der Waals surface area contributed by atoms with Crippen LogP contribution in [0.15, 0.2) is 23.3 Å². The monoisotopic (exact) mass is 374 g/mol. The fraction of sp³-hybridized carbons (Fsp3) is 0.526. The number of aromatic amines is 1. The second kappa shape index (κ2) is 8.98. The van der Waals surface area contributed by atoms with Gasteiger partial charge >= 0.3 is 0 Å². The Morgan fingerprint density at radius 3 is 2.96 bits per heavy atom. The van der Waals surface area contributed by atoms with Gasteiger partial charge in [-0.2, -0.15) is 14.9 Å². The summed E-state index contributed by atoms with van der Waals surface area (Å²) in [6.07, 6.45) is 10.4. The van der Waals surface area contributed by atoms with Crippen LogP contribution in [0.5, 0.6) is 11.5 Å². The fourth-order valence-electron chi connectivity index (χ4n) is 3.42. The molecule has 0 atom stereocenters. The zero-order valence-corrected chi connectivity index (χ0v) is 16.0. The van der Waals surface area contributed by atoms with Crippen molar-refractivity contribution in [2.45, 2.75) is 51.9 Å². The van der Waals surface area contributed by atoms with Crippen molar-refractivity contribution in [1.29, 1.82) is 0 Å². The van der Waals surface area contributed by atoms with E-state index in [2.05, 4.69) is 15.3 Å². The lowest BCUT2D eigenvalue weighted by Gasteiger charge is -2.20. The molecule has 7 heteroatoms. The Morgan fingerprint density at radius 1 is 1.38 bits per heavy atom. The molecule has 2 N–H and O–H groups in total. The Labute approximate surface area is 158 Å². The number of aromatic nitrogens is 3. The van der Waals surface area contributed by atoms with Crippen LogP contribution in [-0.2, 0) is 6.42 Å². The molecule has 0 saturated heterocycles. The molecule has 6 nitrogen and oxygen atoms in total. The molecule has 0 bridgehead atoms.